The van der Waals surface area contributed by atoms with Crippen LogP contribution in [0.5, 0.6) is 0 Å². The van der Waals surface area contributed by atoms with Gasteiger partial charge in [-0.15, -0.1) is 11.8 Å². The molecule has 1 aromatic heterocycles. The average Bonchev–Trinajstić information content (AvgIpc) is 2.80. The minimum absolute atomic E-state index is 0.0927. The molecule has 0 fully saturated rings. The van der Waals surface area contributed by atoms with Crippen molar-refractivity contribution in [2.45, 2.75) is 17.1 Å². The Balaban J connectivity index is 1.91. The lowest BCUT2D eigenvalue weighted by atomic mass is 10.2. The van der Waals surface area contributed by atoms with Crippen molar-refractivity contribution in [1.29, 1.82) is 0 Å². The van der Waals surface area contributed by atoms with Gasteiger partial charge in [0.15, 0.2) is 0 Å². The molecule has 0 amide bonds. The Bertz CT molecular complexity index is 475. The molecule has 0 aliphatic carbocycles. The van der Waals surface area contributed by atoms with E-state index in [9.17, 15) is 4.79 Å². The third-order valence-electron chi connectivity index (χ3n) is 2.26. The van der Waals surface area contributed by atoms with Crippen LogP contribution in [-0.4, -0.2) is 11.1 Å². The lowest BCUT2D eigenvalue weighted by molar-refractivity contribution is -0.136. The summed E-state index contributed by atoms with van der Waals surface area (Å²) in [4.78, 5) is 11.7. The fraction of sp³-hybridized carbons (Fsp3) is 0.154. The van der Waals surface area contributed by atoms with Crippen molar-refractivity contribution >= 4 is 29.1 Å². The van der Waals surface area contributed by atoms with Crippen molar-refractivity contribution in [3.05, 3.63) is 52.2 Å². The van der Waals surface area contributed by atoms with Crippen LogP contribution in [-0.2, 0) is 17.0 Å². The van der Waals surface area contributed by atoms with Crippen LogP contribution in [0.2, 0.25) is 0 Å². The van der Waals surface area contributed by atoms with E-state index in [1.165, 1.54) is 10.5 Å². The highest BCUT2D eigenvalue weighted by Gasteiger charge is 2.01. The number of hydrogen-bond acceptors (Lipinski definition) is 3. The van der Waals surface area contributed by atoms with Crippen LogP contribution < -0.4 is 0 Å². The minimum atomic E-state index is -0.788. The molecule has 0 spiro atoms. The number of rotatable bonds is 5. The fourth-order valence-corrected chi connectivity index (χ4v) is 3.04. The summed E-state index contributed by atoms with van der Waals surface area (Å²) in [6.07, 6.45) is 0.0927. The van der Waals surface area contributed by atoms with Gasteiger partial charge in [0.05, 0.1) is 6.42 Å². The minimum Gasteiger partial charge on any atom is -0.481 e. The molecule has 0 atom stereocenters. The van der Waals surface area contributed by atoms with Gasteiger partial charge >= 0.3 is 5.97 Å². The third kappa shape index (κ3) is 3.91. The Labute approximate surface area is 108 Å². The van der Waals surface area contributed by atoms with E-state index in [-0.39, 0.29) is 6.42 Å². The monoisotopic (exact) mass is 264 g/mol. The number of aliphatic carboxylic acids is 1. The van der Waals surface area contributed by atoms with Gasteiger partial charge in [0.25, 0.3) is 0 Å². The highest BCUT2D eigenvalue weighted by atomic mass is 32.2. The molecule has 0 unspecified atom stereocenters. The summed E-state index contributed by atoms with van der Waals surface area (Å²) in [5.74, 6) is 0.172. The molecule has 1 aromatic carbocycles. The quantitative estimate of drug-likeness (QED) is 0.837. The Morgan fingerprint density at radius 3 is 2.53 bits per heavy atom. The zero-order chi connectivity index (χ0) is 12.1. The van der Waals surface area contributed by atoms with Crippen molar-refractivity contribution in [1.82, 2.24) is 0 Å². The van der Waals surface area contributed by atoms with E-state index in [0.29, 0.717) is 0 Å². The van der Waals surface area contributed by atoms with Gasteiger partial charge in [0.2, 0.25) is 0 Å². The third-order valence-corrected chi connectivity index (χ3v) is 4.08. The summed E-state index contributed by atoms with van der Waals surface area (Å²) in [6.45, 7) is 0. The largest absolute Gasteiger partial charge is 0.481 e. The molecule has 2 nitrogen and oxygen atoms in total. The molecule has 17 heavy (non-hydrogen) atoms. The highest BCUT2D eigenvalue weighted by Crippen LogP contribution is 2.24. The Hall–Kier alpha value is -1.26. The van der Waals surface area contributed by atoms with Crippen molar-refractivity contribution in [2.24, 2.45) is 0 Å². The van der Waals surface area contributed by atoms with Gasteiger partial charge in [-0.05, 0) is 40.1 Å². The van der Waals surface area contributed by atoms with Crippen molar-refractivity contribution in [2.75, 3.05) is 0 Å². The number of carboxylic acid groups (broad SMARTS) is 1. The molecular weight excluding hydrogens is 252 g/mol. The summed E-state index contributed by atoms with van der Waals surface area (Å²) in [5.41, 5.74) is 2.17. The van der Waals surface area contributed by atoms with E-state index >= 15 is 0 Å². The summed E-state index contributed by atoms with van der Waals surface area (Å²) in [7, 11) is 0. The van der Waals surface area contributed by atoms with Crippen LogP contribution in [0.1, 0.15) is 11.1 Å². The molecule has 0 radical (unpaired) electrons. The number of hydrogen-bond donors (Lipinski definition) is 1. The van der Waals surface area contributed by atoms with Crippen molar-refractivity contribution in [3.63, 3.8) is 0 Å². The maximum atomic E-state index is 10.5. The second-order valence-corrected chi connectivity index (χ2v) is 5.46. The van der Waals surface area contributed by atoms with Gasteiger partial charge in [-0.2, -0.15) is 11.3 Å². The first kappa shape index (κ1) is 12.2. The number of carbonyl (C=O) groups is 1. The Morgan fingerprint density at radius 2 is 1.94 bits per heavy atom. The SMILES string of the molecule is O=C(O)Cc1ccc(SCc2ccsc2)cc1. The predicted molar refractivity (Wildman–Crippen MR) is 71.7 cm³/mol. The number of benzene rings is 1. The van der Waals surface area contributed by atoms with Gasteiger partial charge in [-0.3, -0.25) is 4.79 Å². The fourth-order valence-electron chi connectivity index (χ4n) is 1.42. The van der Waals surface area contributed by atoms with Crippen LogP contribution in [0, 0.1) is 0 Å². The molecule has 1 N–H and O–H groups in total. The van der Waals surface area contributed by atoms with E-state index < -0.39 is 5.97 Å². The topological polar surface area (TPSA) is 37.3 Å². The van der Waals surface area contributed by atoms with E-state index in [2.05, 4.69) is 16.8 Å². The average molecular weight is 264 g/mol. The van der Waals surface area contributed by atoms with E-state index in [1.807, 2.05) is 24.3 Å². The standard InChI is InChI=1S/C13H12O2S2/c14-13(15)7-10-1-3-12(4-2-10)17-9-11-5-6-16-8-11/h1-6,8H,7,9H2,(H,14,15). The maximum absolute atomic E-state index is 10.5. The first-order valence-corrected chi connectivity index (χ1v) is 7.11. The molecule has 0 bridgehead atoms. The second kappa shape index (κ2) is 5.89. The van der Waals surface area contributed by atoms with E-state index in [1.54, 1.807) is 23.1 Å². The molecule has 1 heterocycles. The summed E-state index contributed by atoms with van der Waals surface area (Å²) >= 11 is 3.47. The maximum Gasteiger partial charge on any atom is 0.307 e. The van der Waals surface area contributed by atoms with Crippen molar-refractivity contribution in [3.8, 4) is 0 Å². The van der Waals surface area contributed by atoms with E-state index in [4.69, 9.17) is 5.11 Å². The molecule has 0 aliphatic heterocycles. The van der Waals surface area contributed by atoms with Crippen LogP contribution in [0.3, 0.4) is 0 Å². The van der Waals surface area contributed by atoms with Crippen LogP contribution in [0.4, 0.5) is 0 Å². The summed E-state index contributed by atoms with van der Waals surface area (Å²) in [6, 6.07) is 9.84. The lowest BCUT2D eigenvalue weighted by Crippen LogP contribution is -1.99. The van der Waals surface area contributed by atoms with Crippen LogP contribution >= 0.6 is 23.1 Å². The molecule has 88 valence electrons. The van der Waals surface area contributed by atoms with Gasteiger partial charge in [0.1, 0.15) is 0 Å². The molecule has 2 aromatic rings. The zero-order valence-corrected chi connectivity index (χ0v) is 10.8. The first-order valence-electron chi connectivity index (χ1n) is 5.18. The van der Waals surface area contributed by atoms with Gasteiger partial charge in [-0.1, -0.05) is 12.1 Å². The van der Waals surface area contributed by atoms with E-state index in [0.717, 1.165) is 11.3 Å². The van der Waals surface area contributed by atoms with Crippen LogP contribution in [0.25, 0.3) is 0 Å². The Morgan fingerprint density at radius 1 is 1.18 bits per heavy atom. The van der Waals surface area contributed by atoms with Gasteiger partial charge < -0.3 is 5.11 Å². The highest BCUT2D eigenvalue weighted by molar-refractivity contribution is 7.98. The molecule has 0 aliphatic rings. The lowest BCUT2D eigenvalue weighted by Gasteiger charge is -2.01. The Kier molecular flexibility index (Phi) is 4.23. The second-order valence-electron chi connectivity index (χ2n) is 3.63. The molecule has 0 saturated heterocycles. The zero-order valence-electron chi connectivity index (χ0n) is 9.13. The molecular formula is C13H12O2S2. The van der Waals surface area contributed by atoms with Gasteiger partial charge in [0, 0.05) is 10.6 Å². The number of thioether (sulfide) groups is 1. The predicted octanol–water partition coefficient (Wildman–Crippen LogP) is 3.67. The molecule has 0 saturated carbocycles. The van der Waals surface area contributed by atoms with Crippen LogP contribution in [0.15, 0.2) is 46.0 Å². The summed E-state index contributed by atoms with van der Waals surface area (Å²) in [5, 5.41) is 12.9. The number of carboxylic acids is 1. The van der Waals surface area contributed by atoms with Crippen molar-refractivity contribution < 1.29 is 9.90 Å². The molecule has 2 rings (SSSR count). The summed E-state index contributed by atoms with van der Waals surface area (Å²) < 4.78 is 0. The normalized spacial score (nSPS) is 10.4. The number of thiophene rings is 1. The molecule has 4 heteroatoms. The van der Waals surface area contributed by atoms with Gasteiger partial charge in [-0.25, -0.2) is 0 Å². The first-order chi connectivity index (χ1) is 8.24. The smallest absolute Gasteiger partial charge is 0.307 e.